The number of benzene rings is 1. The Kier molecular flexibility index (Phi) is 5.11. The van der Waals surface area contributed by atoms with Gasteiger partial charge in [0.25, 0.3) is 5.91 Å². The van der Waals surface area contributed by atoms with E-state index in [1.54, 1.807) is 27.0 Å². The average molecular weight is 312 g/mol. The van der Waals surface area contributed by atoms with Gasteiger partial charge in [-0.25, -0.2) is 0 Å². The number of pyridine rings is 1. The third-order valence-corrected chi connectivity index (χ3v) is 3.70. The molecule has 1 amide bonds. The number of hydrogen-bond acceptors (Lipinski definition) is 3. The molecule has 1 unspecified atom stereocenters. The highest BCUT2D eigenvalue weighted by Crippen LogP contribution is 2.19. The first-order chi connectivity index (χ1) is 10.9. The molecule has 0 aliphatic rings. The van der Waals surface area contributed by atoms with E-state index in [1.807, 2.05) is 36.4 Å². The molecule has 2 rings (SSSR count). The quantitative estimate of drug-likeness (QED) is 0.921. The lowest BCUT2D eigenvalue weighted by Gasteiger charge is -2.20. The Hall–Kier alpha value is -2.69. The molecule has 0 aliphatic heterocycles. The molecule has 0 saturated carbocycles. The van der Waals surface area contributed by atoms with Gasteiger partial charge in [-0.2, -0.15) is 0 Å². The lowest BCUT2D eigenvalue weighted by Crippen LogP contribution is -2.34. The van der Waals surface area contributed by atoms with Gasteiger partial charge in [0.05, 0.1) is 22.9 Å². The highest BCUT2D eigenvalue weighted by atomic mass is 16.4. The van der Waals surface area contributed by atoms with Crippen LogP contribution in [0.5, 0.6) is 0 Å². The first-order valence-corrected chi connectivity index (χ1v) is 7.41. The lowest BCUT2D eigenvalue weighted by atomic mass is 10.1. The van der Waals surface area contributed by atoms with Crippen molar-refractivity contribution in [3.05, 3.63) is 53.7 Å². The monoisotopic (exact) mass is 312 g/mol. The molecular formula is C18H20N2O3. The Balaban J connectivity index is 2.20. The zero-order chi connectivity index (χ0) is 17.0. The van der Waals surface area contributed by atoms with Crippen LogP contribution < -0.4 is 0 Å². The highest BCUT2D eigenvalue weighted by molar-refractivity contribution is 5.95. The largest absolute Gasteiger partial charge is 0.481 e. The van der Waals surface area contributed by atoms with E-state index in [0.29, 0.717) is 11.3 Å². The fourth-order valence-corrected chi connectivity index (χ4v) is 2.33. The maximum atomic E-state index is 12.5. The van der Waals surface area contributed by atoms with Gasteiger partial charge in [0.1, 0.15) is 0 Å². The highest BCUT2D eigenvalue weighted by Gasteiger charge is 2.20. The minimum absolute atomic E-state index is 0.161. The summed E-state index contributed by atoms with van der Waals surface area (Å²) in [7, 11) is 1.60. The molecule has 0 spiro atoms. The summed E-state index contributed by atoms with van der Waals surface area (Å²) < 4.78 is 0. The summed E-state index contributed by atoms with van der Waals surface area (Å²) in [4.78, 5) is 29.3. The second-order valence-electron chi connectivity index (χ2n) is 5.62. The number of amides is 1. The zero-order valence-corrected chi connectivity index (χ0v) is 13.5. The Labute approximate surface area is 135 Å². The van der Waals surface area contributed by atoms with Gasteiger partial charge < -0.3 is 10.0 Å². The van der Waals surface area contributed by atoms with Crippen molar-refractivity contribution in [2.24, 2.45) is 5.92 Å². The second kappa shape index (κ2) is 7.05. The summed E-state index contributed by atoms with van der Waals surface area (Å²) in [5.74, 6) is -1.75. The minimum atomic E-state index is -0.918. The third-order valence-electron chi connectivity index (χ3n) is 3.70. The molecule has 0 radical (unpaired) electrons. The molecule has 1 heterocycles. The van der Waals surface area contributed by atoms with Gasteiger partial charge in [-0.3, -0.25) is 14.6 Å². The minimum Gasteiger partial charge on any atom is -0.481 e. The summed E-state index contributed by atoms with van der Waals surface area (Å²) in [6.07, 6.45) is 0. The smallest absolute Gasteiger partial charge is 0.308 e. The van der Waals surface area contributed by atoms with Gasteiger partial charge in [0, 0.05) is 19.2 Å². The molecule has 1 aromatic heterocycles. The Bertz CT molecular complexity index is 713. The van der Waals surface area contributed by atoms with E-state index >= 15 is 0 Å². The predicted octanol–water partition coefficient (Wildman–Crippen LogP) is 2.85. The van der Waals surface area contributed by atoms with Gasteiger partial charge in [-0.05, 0) is 19.1 Å². The molecule has 1 aromatic carbocycles. The molecule has 0 saturated heterocycles. The molecule has 0 fully saturated rings. The van der Waals surface area contributed by atoms with Crippen LogP contribution >= 0.6 is 0 Å². The van der Waals surface area contributed by atoms with Gasteiger partial charge in [0.2, 0.25) is 0 Å². The molecule has 1 N–H and O–H groups in total. The van der Waals surface area contributed by atoms with Crippen molar-refractivity contribution in [3.8, 4) is 11.3 Å². The van der Waals surface area contributed by atoms with Crippen LogP contribution in [0.4, 0.5) is 0 Å². The average Bonchev–Trinajstić information content (AvgIpc) is 2.54. The second-order valence-corrected chi connectivity index (χ2v) is 5.62. The van der Waals surface area contributed by atoms with Crippen LogP contribution in [0.15, 0.2) is 42.5 Å². The number of hydrogen-bond donors (Lipinski definition) is 1. The van der Waals surface area contributed by atoms with E-state index in [-0.39, 0.29) is 12.5 Å². The zero-order valence-electron chi connectivity index (χ0n) is 13.5. The number of aromatic nitrogens is 1. The molecule has 120 valence electrons. The summed E-state index contributed by atoms with van der Waals surface area (Å²) >= 11 is 0. The fraction of sp³-hybridized carbons (Fsp3) is 0.278. The van der Waals surface area contributed by atoms with Crippen molar-refractivity contribution >= 4 is 11.9 Å². The van der Waals surface area contributed by atoms with Crippen LogP contribution in [-0.2, 0) is 4.79 Å². The van der Waals surface area contributed by atoms with Gasteiger partial charge in [0.15, 0.2) is 0 Å². The first kappa shape index (κ1) is 16.7. The number of carboxylic acids is 1. The van der Waals surface area contributed by atoms with Crippen molar-refractivity contribution in [2.45, 2.75) is 13.8 Å². The number of rotatable bonds is 5. The van der Waals surface area contributed by atoms with Crippen molar-refractivity contribution in [1.82, 2.24) is 9.88 Å². The fourth-order valence-electron chi connectivity index (χ4n) is 2.33. The molecule has 0 aliphatic carbocycles. The molecule has 1 atom stereocenters. The molecule has 2 aromatic rings. The van der Waals surface area contributed by atoms with Crippen molar-refractivity contribution in [1.29, 1.82) is 0 Å². The summed E-state index contributed by atoms with van der Waals surface area (Å²) in [5.41, 5.74) is 2.92. The summed E-state index contributed by atoms with van der Waals surface area (Å²) in [6, 6.07) is 13.3. The van der Waals surface area contributed by atoms with Crippen LogP contribution in [-0.4, -0.2) is 40.5 Å². The van der Waals surface area contributed by atoms with Crippen LogP contribution in [0, 0.1) is 12.8 Å². The Morgan fingerprint density at radius 1 is 1.17 bits per heavy atom. The standard InChI is InChI=1S/C18H20N2O3/c1-12(18(22)23)11-20(3)17(21)15-9-10-16(19-13(15)2)14-7-5-4-6-8-14/h4-10,12H,11H2,1-3H3,(H,22,23). The molecule has 0 bridgehead atoms. The SMILES string of the molecule is Cc1nc(-c2ccccc2)ccc1C(=O)N(C)CC(C)C(=O)O. The third kappa shape index (κ3) is 3.94. The topological polar surface area (TPSA) is 70.5 Å². The van der Waals surface area contributed by atoms with E-state index in [0.717, 1.165) is 11.3 Å². The number of aliphatic carboxylic acids is 1. The Morgan fingerprint density at radius 3 is 2.39 bits per heavy atom. The van der Waals surface area contributed by atoms with Crippen molar-refractivity contribution in [3.63, 3.8) is 0 Å². The summed E-state index contributed by atoms with van der Waals surface area (Å²) in [6.45, 7) is 3.53. The Morgan fingerprint density at radius 2 is 1.83 bits per heavy atom. The number of carbonyl (C=O) groups excluding carboxylic acids is 1. The van der Waals surface area contributed by atoms with Crippen LogP contribution in [0.3, 0.4) is 0 Å². The first-order valence-electron chi connectivity index (χ1n) is 7.41. The van der Waals surface area contributed by atoms with Gasteiger partial charge in [-0.1, -0.05) is 37.3 Å². The number of aryl methyl sites for hydroxylation is 1. The lowest BCUT2D eigenvalue weighted by molar-refractivity contribution is -0.141. The molecule has 5 nitrogen and oxygen atoms in total. The number of carboxylic acid groups (broad SMARTS) is 1. The van der Waals surface area contributed by atoms with E-state index in [9.17, 15) is 9.59 Å². The molecule has 23 heavy (non-hydrogen) atoms. The normalized spacial score (nSPS) is 11.8. The van der Waals surface area contributed by atoms with E-state index < -0.39 is 11.9 Å². The van der Waals surface area contributed by atoms with E-state index in [4.69, 9.17) is 5.11 Å². The summed E-state index contributed by atoms with van der Waals surface area (Å²) in [5, 5.41) is 8.95. The van der Waals surface area contributed by atoms with Gasteiger partial charge >= 0.3 is 5.97 Å². The van der Waals surface area contributed by atoms with Gasteiger partial charge in [-0.15, -0.1) is 0 Å². The number of carbonyl (C=O) groups is 2. The van der Waals surface area contributed by atoms with Crippen molar-refractivity contribution in [2.75, 3.05) is 13.6 Å². The van der Waals surface area contributed by atoms with E-state index in [1.165, 1.54) is 4.90 Å². The van der Waals surface area contributed by atoms with Crippen LogP contribution in [0.25, 0.3) is 11.3 Å². The molecule has 5 heteroatoms. The van der Waals surface area contributed by atoms with E-state index in [2.05, 4.69) is 4.98 Å². The van der Waals surface area contributed by atoms with Crippen LogP contribution in [0.1, 0.15) is 23.0 Å². The molecular weight excluding hydrogens is 292 g/mol. The van der Waals surface area contributed by atoms with Crippen LogP contribution in [0.2, 0.25) is 0 Å². The maximum absolute atomic E-state index is 12.5. The number of nitrogens with zero attached hydrogens (tertiary/aromatic N) is 2. The maximum Gasteiger partial charge on any atom is 0.308 e. The predicted molar refractivity (Wildman–Crippen MR) is 88.2 cm³/mol. The van der Waals surface area contributed by atoms with Crippen molar-refractivity contribution < 1.29 is 14.7 Å².